The first-order chi connectivity index (χ1) is 13.8. The zero-order valence-corrected chi connectivity index (χ0v) is 19.1. The number of hydrogen-bond acceptors (Lipinski definition) is 4. The van der Waals surface area contributed by atoms with Crippen molar-refractivity contribution in [3.8, 4) is 5.75 Å². The fourth-order valence-corrected chi connectivity index (χ4v) is 3.78. The fraction of sp³-hybridized carbons (Fsp3) is 0.381. The molecule has 1 atom stereocenters. The maximum Gasteiger partial charge on any atom is 0.193 e. The van der Waals surface area contributed by atoms with E-state index < -0.39 is 0 Å². The van der Waals surface area contributed by atoms with Crippen LogP contribution in [0.2, 0.25) is 0 Å². The highest BCUT2D eigenvalue weighted by Gasteiger charge is 2.26. The number of benzene rings is 1. The van der Waals surface area contributed by atoms with Crippen molar-refractivity contribution in [1.29, 1.82) is 0 Å². The van der Waals surface area contributed by atoms with E-state index in [0.717, 1.165) is 55.7 Å². The summed E-state index contributed by atoms with van der Waals surface area (Å²) in [6.07, 6.45) is 3.92. The molecule has 0 radical (unpaired) electrons. The van der Waals surface area contributed by atoms with Crippen LogP contribution in [-0.4, -0.2) is 59.2 Å². The van der Waals surface area contributed by atoms with E-state index in [0.29, 0.717) is 5.92 Å². The molecule has 154 valence electrons. The minimum Gasteiger partial charge on any atom is -0.497 e. The number of halogens is 1. The van der Waals surface area contributed by atoms with Gasteiger partial charge in [-0.15, -0.1) is 34.2 Å². The van der Waals surface area contributed by atoms with Gasteiger partial charge in [0.1, 0.15) is 11.6 Å². The van der Waals surface area contributed by atoms with Crippen molar-refractivity contribution in [2.45, 2.75) is 18.8 Å². The van der Waals surface area contributed by atoms with Crippen molar-refractivity contribution in [1.82, 2.24) is 24.8 Å². The molecule has 8 heteroatoms. The number of aromatic nitrogens is 3. The molecule has 2 aromatic heterocycles. The highest BCUT2D eigenvalue weighted by atomic mass is 127. The molecule has 1 aliphatic heterocycles. The number of nitrogens with one attached hydrogen (secondary N) is 1. The van der Waals surface area contributed by atoms with E-state index in [-0.39, 0.29) is 24.0 Å². The molecule has 1 saturated heterocycles. The molecule has 1 aliphatic rings. The second kappa shape index (κ2) is 9.91. The maximum absolute atomic E-state index is 5.26. The Labute approximate surface area is 188 Å². The first-order valence-corrected chi connectivity index (χ1v) is 9.66. The summed E-state index contributed by atoms with van der Waals surface area (Å²) in [6, 6.07) is 14.3. The van der Waals surface area contributed by atoms with Crippen LogP contribution < -0.4 is 10.1 Å². The summed E-state index contributed by atoms with van der Waals surface area (Å²) in [5, 5.41) is 12.0. The van der Waals surface area contributed by atoms with Crippen molar-refractivity contribution in [2.24, 2.45) is 4.99 Å². The van der Waals surface area contributed by atoms with Crippen LogP contribution in [0.25, 0.3) is 5.65 Å². The first kappa shape index (κ1) is 21.4. The van der Waals surface area contributed by atoms with E-state index in [4.69, 9.17) is 4.74 Å². The predicted octanol–water partition coefficient (Wildman–Crippen LogP) is 2.96. The molecule has 0 saturated carbocycles. The zero-order chi connectivity index (χ0) is 19.3. The van der Waals surface area contributed by atoms with Crippen molar-refractivity contribution in [2.75, 3.05) is 33.8 Å². The average molecular weight is 506 g/mol. The van der Waals surface area contributed by atoms with Crippen LogP contribution in [0, 0.1) is 0 Å². The number of aliphatic imine (C=N–C) groups is 1. The number of ether oxygens (including phenoxy) is 1. The second-order valence-electron chi connectivity index (χ2n) is 6.97. The van der Waals surface area contributed by atoms with Gasteiger partial charge in [0.15, 0.2) is 11.6 Å². The number of likely N-dealkylation sites (tertiary alicyclic amines) is 1. The number of hydrogen-bond donors (Lipinski definition) is 1. The van der Waals surface area contributed by atoms with E-state index in [9.17, 15) is 0 Å². The highest BCUT2D eigenvalue weighted by Crippen LogP contribution is 2.28. The van der Waals surface area contributed by atoms with Gasteiger partial charge in [-0.1, -0.05) is 18.2 Å². The lowest BCUT2D eigenvalue weighted by atomic mass is 9.98. The predicted molar refractivity (Wildman–Crippen MR) is 125 cm³/mol. The van der Waals surface area contributed by atoms with Gasteiger partial charge in [-0.3, -0.25) is 9.39 Å². The van der Waals surface area contributed by atoms with Crippen LogP contribution in [0.5, 0.6) is 5.75 Å². The van der Waals surface area contributed by atoms with Gasteiger partial charge in [-0.2, -0.15) is 0 Å². The molecule has 3 aromatic rings. The molecule has 0 aliphatic carbocycles. The number of nitrogens with zero attached hydrogens (tertiary/aromatic N) is 5. The van der Waals surface area contributed by atoms with Crippen molar-refractivity contribution >= 4 is 35.6 Å². The molecule has 0 bridgehead atoms. The lowest BCUT2D eigenvalue weighted by molar-refractivity contribution is 0.414. The van der Waals surface area contributed by atoms with Gasteiger partial charge in [0.25, 0.3) is 0 Å². The number of pyridine rings is 1. The molecule has 29 heavy (non-hydrogen) atoms. The quantitative estimate of drug-likeness (QED) is 0.328. The summed E-state index contributed by atoms with van der Waals surface area (Å²) >= 11 is 0. The molecule has 1 aromatic carbocycles. The third-order valence-corrected chi connectivity index (χ3v) is 5.30. The van der Waals surface area contributed by atoms with Gasteiger partial charge in [0.2, 0.25) is 0 Å². The lowest BCUT2D eigenvalue weighted by Crippen LogP contribution is -2.40. The molecule has 1 unspecified atom stereocenters. The van der Waals surface area contributed by atoms with E-state index in [1.165, 1.54) is 5.56 Å². The number of methoxy groups -OCH3 is 1. The van der Waals surface area contributed by atoms with Gasteiger partial charge in [-0.05, 0) is 36.2 Å². The summed E-state index contributed by atoms with van der Waals surface area (Å²) < 4.78 is 7.29. The summed E-state index contributed by atoms with van der Waals surface area (Å²) in [6.45, 7) is 2.75. The summed E-state index contributed by atoms with van der Waals surface area (Å²) in [4.78, 5) is 6.81. The minimum absolute atomic E-state index is 0. The maximum atomic E-state index is 5.26. The Kier molecular flexibility index (Phi) is 7.29. The molecular weight excluding hydrogens is 479 g/mol. The average Bonchev–Trinajstić information content (AvgIpc) is 3.39. The first-order valence-electron chi connectivity index (χ1n) is 9.66. The monoisotopic (exact) mass is 506 g/mol. The van der Waals surface area contributed by atoms with Crippen molar-refractivity contribution < 1.29 is 4.74 Å². The van der Waals surface area contributed by atoms with Crippen molar-refractivity contribution in [3.05, 3.63) is 60.0 Å². The van der Waals surface area contributed by atoms with Crippen LogP contribution in [0.3, 0.4) is 0 Å². The third kappa shape index (κ3) is 4.80. The summed E-state index contributed by atoms with van der Waals surface area (Å²) in [5.74, 6) is 3.32. The van der Waals surface area contributed by atoms with Crippen molar-refractivity contribution in [3.63, 3.8) is 0 Å². The zero-order valence-electron chi connectivity index (χ0n) is 16.8. The fourth-order valence-electron chi connectivity index (χ4n) is 3.78. The topological polar surface area (TPSA) is 67.0 Å². The largest absolute Gasteiger partial charge is 0.497 e. The minimum atomic E-state index is 0. The molecule has 1 fully saturated rings. The Morgan fingerprint density at radius 3 is 2.79 bits per heavy atom. The molecule has 0 spiro atoms. The summed E-state index contributed by atoms with van der Waals surface area (Å²) in [5.41, 5.74) is 2.23. The molecule has 1 N–H and O–H groups in total. The van der Waals surface area contributed by atoms with Crippen LogP contribution >= 0.6 is 24.0 Å². The third-order valence-electron chi connectivity index (χ3n) is 5.30. The Balaban J connectivity index is 0.00000240. The normalized spacial score (nSPS) is 16.7. The van der Waals surface area contributed by atoms with E-state index in [1.807, 2.05) is 48.0 Å². The standard InChI is InChI=1S/C21H26N6O.HI/c1-22-21(23-12-10-20-25-24-19-5-3-4-13-27(19)20)26-14-11-17(15-26)16-6-8-18(28-2)9-7-16;/h3-9,13,17H,10-12,14-15H2,1-2H3,(H,22,23);1H. The molecular formula is C21H27IN6O. The Hall–Kier alpha value is -2.36. The van der Waals surface area contributed by atoms with Gasteiger partial charge >= 0.3 is 0 Å². The molecule has 7 nitrogen and oxygen atoms in total. The molecule has 3 heterocycles. The Bertz CT molecular complexity index is 955. The van der Waals surface area contributed by atoms with Gasteiger partial charge in [0, 0.05) is 45.2 Å². The van der Waals surface area contributed by atoms with Crippen LogP contribution in [-0.2, 0) is 6.42 Å². The second-order valence-corrected chi connectivity index (χ2v) is 6.97. The van der Waals surface area contributed by atoms with E-state index in [2.05, 4.69) is 37.5 Å². The van der Waals surface area contributed by atoms with Gasteiger partial charge in [-0.25, -0.2) is 0 Å². The van der Waals surface area contributed by atoms with E-state index >= 15 is 0 Å². The smallest absolute Gasteiger partial charge is 0.193 e. The number of fused-ring (bicyclic) bond motifs is 1. The number of rotatable bonds is 5. The Morgan fingerprint density at radius 2 is 2.03 bits per heavy atom. The Morgan fingerprint density at radius 1 is 1.21 bits per heavy atom. The molecule has 0 amide bonds. The summed E-state index contributed by atoms with van der Waals surface area (Å²) in [7, 11) is 3.54. The van der Waals surface area contributed by atoms with E-state index in [1.54, 1.807) is 7.11 Å². The van der Waals surface area contributed by atoms with Gasteiger partial charge < -0.3 is 15.0 Å². The van der Waals surface area contributed by atoms with Crippen LogP contribution in [0.1, 0.15) is 23.7 Å². The van der Waals surface area contributed by atoms with Crippen LogP contribution in [0.4, 0.5) is 0 Å². The SMILES string of the molecule is CN=C(NCCc1nnc2ccccn12)N1CCC(c2ccc(OC)cc2)C1.I. The number of guanidine groups is 1. The lowest BCUT2D eigenvalue weighted by Gasteiger charge is -2.21. The highest BCUT2D eigenvalue weighted by molar-refractivity contribution is 14.0. The van der Waals surface area contributed by atoms with Gasteiger partial charge in [0.05, 0.1) is 7.11 Å². The molecule has 4 rings (SSSR count). The van der Waals surface area contributed by atoms with Crippen LogP contribution in [0.15, 0.2) is 53.7 Å².